The van der Waals surface area contributed by atoms with Crippen LogP contribution in [0.3, 0.4) is 0 Å². The summed E-state index contributed by atoms with van der Waals surface area (Å²) in [5.41, 5.74) is 1.04. The topological polar surface area (TPSA) is 44.7 Å². The number of fused-ring (bicyclic) bond motifs is 1. The van der Waals surface area contributed by atoms with E-state index in [2.05, 4.69) is 5.32 Å². The summed E-state index contributed by atoms with van der Waals surface area (Å²) in [6.45, 7) is 1.11. The number of halogens is 3. The van der Waals surface area contributed by atoms with Gasteiger partial charge in [0, 0.05) is 17.6 Å². The monoisotopic (exact) mass is 368 g/mol. The molecule has 1 heterocycles. The fourth-order valence-corrected chi connectivity index (χ4v) is 3.34. The number of aliphatic hydroxyl groups excluding tert-OH is 1. The first-order chi connectivity index (χ1) is 12.0. The Morgan fingerprint density at radius 2 is 1.96 bits per heavy atom. The lowest BCUT2D eigenvalue weighted by atomic mass is 9.97. The maximum absolute atomic E-state index is 13.8. The molecule has 1 aliphatic heterocycles. The molecule has 4 nitrogen and oxygen atoms in total. The summed E-state index contributed by atoms with van der Waals surface area (Å²) in [6.07, 6.45) is -0.892. The van der Waals surface area contributed by atoms with E-state index in [1.54, 1.807) is 25.2 Å². The van der Waals surface area contributed by atoms with Crippen molar-refractivity contribution in [2.75, 3.05) is 31.6 Å². The van der Waals surface area contributed by atoms with Crippen molar-refractivity contribution in [3.05, 3.63) is 58.6 Å². The summed E-state index contributed by atoms with van der Waals surface area (Å²) in [4.78, 5) is 1.88. The summed E-state index contributed by atoms with van der Waals surface area (Å²) in [6, 6.07) is 7.83. The van der Waals surface area contributed by atoms with Gasteiger partial charge in [0.25, 0.3) is 0 Å². The number of aliphatic hydroxyl groups is 1. The van der Waals surface area contributed by atoms with Crippen molar-refractivity contribution in [2.24, 2.45) is 0 Å². The van der Waals surface area contributed by atoms with Crippen molar-refractivity contribution in [1.82, 2.24) is 5.32 Å². The molecule has 0 radical (unpaired) electrons. The number of hydrogen-bond donors (Lipinski definition) is 2. The van der Waals surface area contributed by atoms with Gasteiger partial charge in [0.15, 0.2) is 0 Å². The van der Waals surface area contributed by atoms with Crippen LogP contribution >= 0.6 is 11.6 Å². The summed E-state index contributed by atoms with van der Waals surface area (Å²) >= 11 is 6.11. The Hall–Kier alpha value is -1.89. The number of nitrogens with zero attached hydrogens (tertiary/aromatic N) is 1. The highest BCUT2D eigenvalue weighted by atomic mass is 35.5. The van der Waals surface area contributed by atoms with Crippen LogP contribution in [0.4, 0.5) is 14.5 Å². The smallest absolute Gasteiger partial charge is 0.142 e. The Morgan fingerprint density at radius 3 is 2.64 bits per heavy atom. The number of benzene rings is 2. The molecule has 0 aromatic heterocycles. The van der Waals surface area contributed by atoms with E-state index in [0.29, 0.717) is 35.2 Å². The van der Waals surface area contributed by atoms with Gasteiger partial charge in [-0.05, 0) is 42.9 Å². The molecule has 3 rings (SSSR count). The average Bonchev–Trinajstić information content (AvgIpc) is 2.55. The van der Waals surface area contributed by atoms with E-state index in [-0.39, 0.29) is 6.54 Å². The Labute approximate surface area is 150 Å². The third-order valence-corrected chi connectivity index (χ3v) is 4.40. The molecule has 2 N–H and O–H groups in total. The molecule has 2 atom stereocenters. The predicted molar refractivity (Wildman–Crippen MR) is 93.3 cm³/mol. The number of anilines is 1. The molecule has 1 aliphatic rings. The zero-order chi connectivity index (χ0) is 18.0. The molecule has 0 aliphatic carbocycles. The normalized spacial score (nSPS) is 16.1. The summed E-state index contributed by atoms with van der Waals surface area (Å²) in [5.74, 6) is -0.748. The fraction of sp³-hybridized carbons (Fsp3) is 0.333. The SMILES string of the molecule is CNC[C@@H](O)[C@H](c1cc(F)cc(F)c1)N1CCOc2ccc(Cl)cc21. The minimum absolute atomic E-state index is 0.260. The Morgan fingerprint density at radius 1 is 1.24 bits per heavy atom. The molecule has 0 spiro atoms. The largest absolute Gasteiger partial charge is 0.490 e. The van der Waals surface area contributed by atoms with Gasteiger partial charge in [-0.2, -0.15) is 0 Å². The molecule has 7 heteroatoms. The van der Waals surface area contributed by atoms with Crippen LogP contribution in [0.1, 0.15) is 11.6 Å². The summed E-state index contributed by atoms with van der Waals surface area (Å²) < 4.78 is 33.2. The van der Waals surface area contributed by atoms with E-state index in [1.807, 2.05) is 4.90 Å². The van der Waals surface area contributed by atoms with Crippen molar-refractivity contribution >= 4 is 17.3 Å². The number of likely N-dealkylation sites (N-methyl/N-ethyl adjacent to an activating group) is 1. The quantitative estimate of drug-likeness (QED) is 0.851. The second kappa shape index (κ2) is 7.56. The highest BCUT2D eigenvalue weighted by Gasteiger charge is 2.32. The predicted octanol–water partition coefficient (Wildman–Crippen LogP) is 3.14. The molecule has 0 saturated carbocycles. The number of rotatable bonds is 5. The second-order valence-corrected chi connectivity index (χ2v) is 6.36. The summed E-state index contributed by atoms with van der Waals surface area (Å²) in [5, 5.41) is 14.1. The number of nitrogens with one attached hydrogen (secondary N) is 1. The Kier molecular flexibility index (Phi) is 5.42. The second-order valence-electron chi connectivity index (χ2n) is 5.93. The Balaban J connectivity index is 2.08. The number of hydrogen-bond acceptors (Lipinski definition) is 4. The first kappa shape index (κ1) is 17.9. The van der Waals surface area contributed by atoms with Gasteiger partial charge >= 0.3 is 0 Å². The van der Waals surface area contributed by atoms with Crippen molar-refractivity contribution in [1.29, 1.82) is 0 Å². The third kappa shape index (κ3) is 3.86. The lowest BCUT2D eigenvalue weighted by Crippen LogP contribution is -2.44. The van der Waals surface area contributed by atoms with Gasteiger partial charge in [-0.15, -0.1) is 0 Å². The third-order valence-electron chi connectivity index (χ3n) is 4.16. The maximum atomic E-state index is 13.8. The molecule has 2 aromatic carbocycles. The van der Waals surface area contributed by atoms with Crippen molar-refractivity contribution in [3.63, 3.8) is 0 Å². The molecule has 0 saturated heterocycles. The van der Waals surface area contributed by atoms with Crippen molar-refractivity contribution in [3.8, 4) is 5.75 Å². The van der Waals surface area contributed by atoms with E-state index in [4.69, 9.17) is 16.3 Å². The van der Waals surface area contributed by atoms with E-state index in [0.717, 1.165) is 6.07 Å². The molecule has 0 unspecified atom stereocenters. The van der Waals surface area contributed by atoms with Gasteiger partial charge in [-0.3, -0.25) is 0 Å². The fourth-order valence-electron chi connectivity index (χ4n) is 3.18. The lowest BCUT2D eigenvalue weighted by molar-refractivity contribution is 0.135. The van der Waals surface area contributed by atoms with E-state index < -0.39 is 23.8 Å². The zero-order valence-corrected chi connectivity index (χ0v) is 14.4. The molecule has 0 bridgehead atoms. The average molecular weight is 369 g/mol. The van der Waals surface area contributed by atoms with Gasteiger partial charge < -0.3 is 20.1 Å². The standard InChI is InChI=1S/C18H19ClF2N2O2/c1-22-10-16(24)18(11-6-13(20)9-14(21)7-11)23-4-5-25-17-3-2-12(19)8-15(17)23/h2-3,6-9,16,18,22,24H,4-5,10H2,1H3/t16-,18+/m1/s1. The highest BCUT2D eigenvalue weighted by Crippen LogP contribution is 2.40. The van der Waals surface area contributed by atoms with Crippen LogP contribution in [0.2, 0.25) is 5.02 Å². The van der Waals surface area contributed by atoms with Crippen LogP contribution in [0, 0.1) is 11.6 Å². The van der Waals surface area contributed by atoms with Gasteiger partial charge in [-0.1, -0.05) is 11.6 Å². The van der Waals surface area contributed by atoms with Gasteiger partial charge in [-0.25, -0.2) is 8.78 Å². The molecular formula is C18H19ClF2N2O2. The molecule has 2 aromatic rings. The van der Waals surface area contributed by atoms with Crippen LogP contribution in [0.15, 0.2) is 36.4 Å². The van der Waals surface area contributed by atoms with Crippen LogP contribution in [0.5, 0.6) is 5.75 Å². The van der Waals surface area contributed by atoms with Crippen molar-refractivity contribution in [2.45, 2.75) is 12.1 Å². The van der Waals surface area contributed by atoms with Crippen LogP contribution in [-0.4, -0.2) is 38.0 Å². The number of ether oxygens (including phenoxy) is 1. The minimum Gasteiger partial charge on any atom is -0.490 e. The van der Waals surface area contributed by atoms with Crippen LogP contribution in [0.25, 0.3) is 0 Å². The van der Waals surface area contributed by atoms with Crippen LogP contribution in [-0.2, 0) is 0 Å². The Bertz CT molecular complexity index is 740. The highest BCUT2D eigenvalue weighted by molar-refractivity contribution is 6.31. The zero-order valence-electron chi connectivity index (χ0n) is 13.7. The van der Waals surface area contributed by atoms with Crippen molar-refractivity contribution < 1.29 is 18.6 Å². The van der Waals surface area contributed by atoms with Gasteiger partial charge in [0.05, 0.1) is 24.4 Å². The lowest BCUT2D eigenvalue weighted by Gasteiger charge is -2.40. The van der Waals surface area contributed by atoms with E-state index in [9.17, 15) is 13.9 Å². The molecular weight excluding hydrogens is 350 g/mol. The summed E-state index contributed by atoms with van der Waals surface area (Å²) in [7, 11) is 1.70. The van der Waals surface area contributed by atoms with Crippen LogP contribution < -0.4 is 15.0 Å². The van der Waals surface area contributed by atoms with Gasteiger partial charge in [0.1, 0.15) is 24.0 Å². The minimum atomic E-state index is -0.892. The first-order valence-electron chi connectivity index (χ1n) is 7.97. The molecule has 25 heavy (non-hydrogen) atoms. The molecule has 0 fully saturated rings. The molecule has 134 valence electrons. The van der Waals surface area contributed by atoms with Gasteiger partial charge in [0.2, 0.25) is 0 Å². The van der Waals surface area contributed by atoms with E-state index >= 15 is 0 Å². The first-order valence-corrected chi connectivity index (χ1v) is 8.35. The maximum Gasteiger partial charge on any atom is 0.142 e. The van der Waals surface area contributed by atoms with E-state index in [1.165, 1.54) is 12.1 Å². The molecule has 0 amide bonds.